The molecule has 0 radical (unpaired) electrons. The number of anilines is 1. The second kappa shape index (κ2) is 7.38. The molecule has 0 bridgehead atoms. The molecule has 0 fully saturated rings. The summed E-state index contributed by atoms with van der Waals surface area (Å²) in [5.74, 6) is 0.847. The number of halogens is 1. The number of rotatable bonds is 4. The summed E-state index contributed by atoms with van der Waals surface area (Å²) in [4.78, 5) is 14.3. The highest BCUT2D eigenvalue weighted by molar-refractivity contribution is 5.94. The molecule has 1 amide bonds. The number of carbonyl (C=O) groups excluding carboxylic acids is 1. The molecule has 122 valence electrons. The van der Waals surface area contributed by atoms with Crippen LogP contribution in [0.3, 0.4) is 0 Å². The highest BCUT2D eigenvalue weighted by Crippen LogP contribution is 2.24. The van der Waals surface area contributed by atoms with Crippen LogP contribution in [0.4, 0.5) is 5.69 Å². The number of methoxy groups -OCH3 is 1. The van der Waals surface area contributed by atoms with Crippen LogP contribution in [0.15, 0.2) is 42.5 Å². The Morgan fingerprint density at radius 2 is 2.09 bits per heavy atom. The van der Waals surface area contributed by atoms with E-state index in [9.17, 15) is 4.79 Å². The number of amides is 1. The zero-order valence-electron chi connectivity index (χ0n) is 13.3. The number of carbonyl (C=O) groups is 1. The second-order valence-corrected chi connectivity index (χ2v) is 5.56. The van der Waals surface area contributed by atoms with Crippen LogP contribution in [0, 0.1) is 0 Å². The number of hydrogen-bond donors (Lipinski definition) is 1. The van der Waals surface area contributed by atoms with Crippen molar-refractivity contribution in [2.24, 2.45) is 0 Å². The monoisotopic (exact) mass is 332 g/mol. The van der Waals surface area contributed by atoms with Gasteiger partial charge in [-0.25, -0.2) is 0 Å². The van der Waals surface area contributed by atoms with Crippen molar-refractivity contribution in [3.05, 3.63) is 59.2 Å². The van der Waals surface area contributed by atoms with Crippen molar-refractivity contribution in [2.75, 3.05) is 26.0 Å². The lowest BCUT2D eigenvalue weighted by molar-refractivity contribution is 0.0785. The number of ether oxygens (including phenoxy) is 1. The van der Waals surface area contributed by atoms with Gasteiger partial charge in [-0.05, 0) is 47.9 Å². The Bertz CT molecular complexity index is 703. The SMILES string of the molecule is COc1cccc(CN(C)C(=O)c2ccc3c(c2)CCN3)c1.Cl. The summed E-state index contributed by atoms with van der Waals surface area (Å²) >= 11 is 0. The van der Waals surface area contributed by atoms with Crippen LogP contribution in [-0.2, 0) is 13.0 Å². The largest absolute Gasteiger partial charge is 0.497 e. The Kier molecular flexibility index (Phi) is 5.50. The standard InChI is InChI=1S/C18H20N2O2.ClH/c1-20(12-13-4-3-5-16(10-13)22-2)18(21)15-6-7-17-14(11-15)8-9-19-17;/h3-7,10-11,19H,8-9,12H2,1-2H3;1H. The molecule has 2 aromatic rings. The Morgan fingerprint density at radius 1 is 1.26 bits per heavy atom. The van der Waals surface area contributed by atoms with E-state index in [-0.39, 0.29) is 18.3 Å². The van der Waals surface area contributed by atoms with Crippen LogP contribution in [0.5, 0.6) is 5.75 Å². The molecule has 5 heteroatoms. The van der Waals surface area contributed by atoms with Gasteiger partial charge in [-0.3, -0.25) is 4.79 Å². The van der Waals surface area contributed by atoms with E-state index in [0.29, 0.717) is 6.54 Å². The molecular formula is C18H21ClN2O2. The molecule has 23 heavy (non-hydrogen) atoms. The lowest BCUT2D eigenvalue weighted by Gasteiger charge is -2.18. The summed E-state index contributed by atoms with van der Waals surface area (Å²) in [6.45, 7) is 1.51. The third-order valence-electron chi connectivity index (χ3n) is 3.96. The molecule has 1 aliphatic heterocycles. The Morgan fingerprint density at radius 3 is 2.87 bits per heavy atom. The molecule has 0 aromatic heterocycles. The van der Waals surface area contributed by atoms with Gasteiger partial charge in [0.15, 0.2) is 0 Å². The maximum absolute atomic E-state index is 12.6. The van der Waals surface area contributed by atoms with Crippen molar-refractivity contribution in [3.63, 3.8) is 0 Å². The molecule has 1 aliphatic rings. The normalized spacial score (nSPS) is 11.9. The van der Waals surface area contributed by atoms with Crippen molar-refractivity contribution in [1.29, 1.82) is 0 Å². The molecule has 1 N–H and O–H groups in total. The van der Waals surface area contributed by atoms with Gasteiger partial charge in [-0.15, -0.1) is 12.4 Å². The smallest absolute Gasteiger partial charge is 0.253 e. The van der Waals surface area contributed by atoms with Gasteiger partial charge in [0.05, 0.1) is 7.11 Å². The van der Waals surface area contributed by atoms with Gasteiger partial charge in [-0.2, -0.15) is 0 Å². The molecule has 3 rings (SSSR count). The van der Waals surface area contributed by atoms with Gasteiger partial charge < -0.3 is 15.0 Å². The minimum absolute atomic E-state index is 0. The van der Waals surface area contributed by atoms with Gasteiger partial charge in [-0.1, -0.05) is 12.1 Å². The van der Waals surface area contributed by atoms with Crippen molar-refractivity contribution in [3.8, 4) is 5.75 Å². The van der Waals surface area contributed by atoms with Gasteiger partial charge >= 0.3 is 0 Å². The number of hydrogen-bond acceptors (Lipinski definition) is 3. The third kappa shape index (κ3) is 3.77. The van der Waals surface area contributed by atoms with Gasteiger partial charge in [0.1, 0.15) is 5.75 Å². The molecule has 0 saturated carbocycles. The first-order chi connectivity index (χ1) is 10.7. The van der Waals surface area contributed by atoms with Crippen LogP contribution >= 0.6 is 12.4 Å². The average Bonchev–Trinajstić information content (AvgIpc) is 3.01. The van der Waals surface area contributed by atoms with Crippen LogP contribution in [0.2, 0.25) is 0 Å². The molecule has 0 atom stereocenters. The first-order valence-corrected chi connectivity index (χ1v) is 7.42. The molecule has 0 spiro atoms. The van der Waals surface area contributed by atoms with Crippen LogP contribution in [-0.4, -0.2) is 31.5 Å². The predicted molar refractivity (Wildman–Crippen MR) is 94.7 cm³/mol. The lowest BCUT2D eigenvalue weighted by atomic mass is 10.1. The second-order valence-electron chi connectivity index (χ2n) is 5.56. The van der Waals surface area contributed by atoms with E-state index < -0.39 is 0 Å². The van der Waals surface area contributed by atoms with E-state index in [4.69, 9.17) is 4.74 Å². The lowest BCUT2D eigenvalue weighted by Crippen LogP contribution is -2.26. The molecule has 2 aromatic carbocycles. The third-order valence-corrected chi connectivity index (χ3v) is 3.96. The number of nitrogens with one attached hydrogen (secondary N) is 1. The van der Waals surface area contributed by atoms with Gasteiger partial charge in [0.25, 0.3) is 5.91 Å². The van der Waals surface area contributed by atoms with Crippen LogP contribution < -0.4 is 10.1 Å². The summed E-state index contributed by atoms with van der Waals surface area (Å²) < 4.78 is 5.22. The molecule has 4 nitrogen and oxygen atoms in total. The summed E-state index contributed by atoms with van der Waals surface area (Å²) in [6, 6.07) is 13.7. The van der Waals surface area contributed by atoms with E-state index in [1.807, 2.05) is 49.5 Å². The fourth-order valence-electron chi connectivity index (χ4n) is 2.77. The molecule has 0 unspecified atom stereocenters. The Labute approximate surface area is 142 Å². The van der Waals surface area contributed by atoms with E-state index in [0.717, 1.165) is 35.5 Å². The van der Waals surface area contributed by atoms with Crippen LogP contribution in [0.25, 0.3) is 0 Å². The molecule has 0 aliphatic carbocycles. The van der Waals surface area contributed by atoms with Crippen molar-refractivity contribution in [2.45, 2.75) is 13.0 Å². The molecular weight excluding hydrogens is 312 g/mol. The first-order valence-electron chi connectivity index (χ1n) is 7.42. The fraction of sp³-hybridized carbons (Fsp3) is 0.278. The minimum Gasteiger partial charge on any atom is -0.497 e. The van der Waals surface area contributed by atoms with Crippen molar-refractivity contribution >= 4 is 24.0 Å². The number of nitrogens with zero attached hydrogens (tertiary/aromatic N) is 1. The zero-order valence-corrected chi connectivity index (χ0v) is 14.2. The summed E-state index contributed by atoms with van der Waals surface area (Å²) in [6.07, 6.45) is 0.982. The van der Waals surface area contributed by atoms with Crippen LogP contribution in [0.1, 0.15) is 21.5 Å². The van der Waals surface area contributed by atoms with Gasteiger partial charge in [0, 0.05) is 31.4 Å². The maximum Gasteiger partial charge on any atom is 0.253 e. The van der Waals surface area contributed by atoms with E-state index in [1.54, 1.807) is 12.0 Å². The number of benzene rings is 2. The van der Waals surface area contributed by atoms with Crippen molar-refractivity contribution < 1.29 is 9.53 Å². The van der Waals surface area contributed by atoms with E-state index in [1.165, 1.54) is 5.56 Å². The zero-order chi connectivity index (χ0) is 15.5. The summed E-state index contributed by atoms with van der Waals surface area (Å²) in [7, 11) is 3.47. The van der Waals surface area contributed by atoms with E-state index in [2.05, 4.69) is 5.32 Å². The van der Waals surface area contributed by atoms with Crippen molar-refractivity contribution in [1.82, 2.24) is 4.90 Å². The minimum atomic E-state index is 0. The van der Waals surface area contributed by atoms with E-state index >= 15 is 0 Å². The first kappa shape index (κ1) is 17.2. The molecule has 1 heterocycles. The Balaban J connectivity index is 0.00000192. The topological polar surface area (TPSA) is 41.6 Å². The predicted octanol–water partition coefficient (Wildman–Crippen LogP) is 3.36. The average molecular weight is 333 g/mol. The quantitative estimate of drug-likeness (QED) is 0.933. The highest BCUT2D eigenvalue weighted by Gasteiger charge is 2.16. The maximum atomic E-state index is 12.6. The summed E-state index contributed by atoms with van der Waals surface area (Å²) in [5, 5.41) is 3.31. The highest BCUT2D eigenvalue weighted by atomic mass is 35.5. The Hall–Kier alpha value is -2.20. The van der Waals surface area contributed by atoms with Gasteiger partial charge in [0.2, 0.25) is 0 Å². The molecule has 0 saturated heterocycles. The number of fused-ring (bicyclic) bond motifs is 1. The fourth-order valence-corrected chi connectivity index (χ4v) is 2.77. The summed E-state index contributed by atoms with van der Waals surface area (Å²) in [5.41, 5.74) is 4.17.